The average Bonchev–Trinajstić information content (AvgIpc) is 4.03. The minimum atomic E-state index is 0.435. The molecule has 0 aliphatic carbocycles. The fraction of sp³-hybridized carbons (Fsp3) is 0. The molecule has 0 saturated carbocycles. The van der Waals surface area contributed by atoms with Crippen LogP contribution in [0.25, 0.3) is 132 Å². The lowest BCUT2D eigenvalue weighted by Crippen LogP contribution is -2.06. The van der Waals surface area contributed by atoms with Gasteiger partial charge in [-0.2, -0.15) is 5.26 Å². The van der Waals surface area contributed by atoms with E-state index in [1.165, 1.54) is 0 Å². The Morgan fingerprint density at radius 1 is 0.338 bits per heavy atom. The molecule has 0 saturated heterocycles. The second kappa shape index (κ2) is 17.9. The molecular formula is C66H38N8. The van der Waals surface area contributed by atoms with Crippen LogP contribution in [0.5, 0.6) is 0 Å². The van der Waals surface area contributed by atoms with Crippen molar-refractivity contribution >= 4 is 55.0 Å². The van der Waals surface area contributed by atoms with E-state index >= 15 is 0 Å². The first-order valence-corrected chi connectivity index (χ1v) is 24.1. The average molecular weight is 943 g/mol. The van der Waals surface area contributed by atoms with Gasteiger partial charge >= 0.3 is 0 Å². The van der Waals surface area contributed by atoms with Gasteiger partial charge in [-0.15, -0.1) is 0 Å². The number of nitriles is 1. The van der Waals surface area contributed by atoms with E-state index in [0.717, 1.165) is 105 Å². The highest BCUT2D eigenvalue weighted by Crippen LogP contribution is 2.43. The number of rotatable bonds is 8. The van der Waals surface area contributed by atoms with Crippen LogP contribution in [-0.4, -0.2) is 24.1 Å². The molecule has 13 rings (SSSR count). The van der Waals surface area contributed by atoms with E-state index in [1.807, 2.05) is 109 Å². The summed E-state index contributed by atoms with van der Waals surface area (Å²) in [6.07, 6.45) is 0. The number of nitrogens with zero attached hydrogens (tertiary/aromatic N) is 8. The lowest BCUT2D eigenvalue weighted by molar-refractivity contribution is 1.06. The van der Waals surface area contributed by atoms with E-state index in [2.05, 4.69) is 146 Å². The minimum Gasteiger partial charge on any atom is -0.308 e. The topological polar surface area (TPSA) is 81.0 Å². The van der Waals surface area contributed by atoms with Gasteiger partial charge in [-0.05, 0) is 94.0 Å². The van der Waals surface area contributed by atoms with Crippen molar-refractivity contribution in [2.24, 2.45) is 0 Å². The Kier molecular flexibility index (Phi) is 10.5. The van der Waals surface area contributed by atoms with Gasteiger partial charge in [0.2, 0.25) is 0 Å². The standard InChI is InChI=1S/C66H38N8/c1-68-56-28-11-5-22-48(56)42-19-17-20-45(38-42)64-70-65(54-36-34-43(47-21-4-3-18-46(47)41-67)39-62(54)73-58-30-13-7-24-50(58)51-25-8-14-31-59(51)73)72-66(71-64)55-37-35-44(49-23-6-12-29-57(49)69-2)40-63(55)74-60-32-15-9-26-52(60)53-27-10-16-33-61(53)74/h3-40H. The van der Waals surface area contributed by atoms with Crippen LogP contribution < -0.4 is 0 Å². The molecule has 74 heavy (non-hydrogen) atoms. The number of hydrogen-bond donors (Lipinski definition) is 0. The maximum atomic E-state index is 10.4. The van der Waals surface area contributed by atoms with Gasteiger partial charge in [0.25, 0.3) is 0 Å². The van der Waals surface area contributed by atoms with Crippen molar-refractivity contribution in [2.75, 3.05) is 0 Å². The Morgan fingerprint density at radius 3 is 1.19 bits per heavy atom. The number of para-hydroxylation sites is 6. The lowest BCUT2D eigenvalue weighted by Gasteiger charge is -2.18. The number of hydrogen-bond acceptors (Lipinski definition) is 4. The van der Waals surface area contributed by atoms with Gasteiger partial charge in [-0.25, -0.2) is 24.6 Å². The van der Waals surface area contributed by atoms with Gasteiger partial charge in [0.05, 0.1) is 58.2 Å². The zero-order chi connectivity index (χ0) is 49.7. The van der Waals surface area contributed by atoms with Gasteiger partial charge in [-0.1, -0.05) is 170 Å². The fourth-order valence-electron chi connectivity index (χ4n) is 10.5. The van der Waals surface area contributed by atoms with Crippen molar-refractivity contribution < 1.29 is 0 Å². The first-order chi connectivity index (χ1) is 36.6. The van der Waals surface area contributed by atoms with E-state index < -0.39 is 0 Å². The van der Waals surface area contributed by atoms with Crippen LogP contribution in [0, 0.1) is 24.5 Å². The van der Waals surface area contributed by atoms with E-state index in [1.54, 1.807) is 0 Å². The van der Waals surface area contributed by atoms with Crippen LogP contribution in [0.15, 0.2) is 231 Å². The van der Waals surface area contributed by atoms with Crippen molar-refractivity contribution in [1.29, 1.82) is 5.26 Å². The van der Waals surface area contributed by atoms with Gasteiger partial charge in [0.15, 0.2) is 28.8 Å². The van der Waals surface area contributed by atoms with Gasteiger partial charge in [0.1, 0.15) is 0 Å². The third-order valence-electron chi connectivity index (χ3n) is 13.9. The lowest BCUT2D eigenvalue weighted by atomic mass is 9.97. The third kappa shape index (κ3) is 7.17. The van der Waals surface area contributed by atoms with E-state index in [0.29, 0.717) is 34.4 Å². The monoisotopic (exact) mass is 942 g/mol. The van der Waals surface area contributed by atoms with E-state index in [9.17, 15) is 5.26 Å². The molecule has 10 aromatic carbocycles. The minimum absolute atomic E-state index is 0.435. The van der Waals surface area contributed by atoms with Crippen LogP contribution in [0.4, 0.5) is 11.4 Å². The normalized spacial score (nSPS) is 11.2. The fourth-order valence-corrected chi connectivity index (χ4v) is 10.5. The zero-order valence-electron chi connectivity index (χ0n) is 39.5. The second-order valence-corrected chi connectivity index (χ2v) is 18.0. The quantitative estimate of drug-likeness (QED) is 0.142. The Labute approximate surface area is 426 Å². The molecule has 0 fully saturated rings. The van der Waals surface area contributed by atoms with Gasteiger partial charge in [0, 0.05) is 38.2 Å². The first-order valence-electron chi connectivity index (χ1n) is 24.1. The molecule has 0 spiro atoms. The Balaban J connectivity index is 1.13. The van der Waals surface area contributed by atoms with Crippen molar-refractivity contribution in [1.82, 2.24) is 24.1 Å². The molecule has 0 aliphatic heterocycles. The number of fused-ring (bicyclic) bond motifs is 6. The van der Waals surface area contributed by atoms with Crippen LogP contribution in [0.1, 0.15) is 5.56 Å². The summed E-state index contributed by atoms with van der Waals surface area (Å²) in [4.78, 5) is 24.2. The highest BCUT2D eigenvalue weighted by molar-refractivity contribution is 6.11. The number of aromatic nitrogens is 5. The summed E-state index contributed by atoms with van der Waals surface area (Å²) in [5.74, 6) is 1.31. The Hall–Kier alpha value is -10.7. The molecule has 3 aromatic heterocycles. The summed E-state index contributed by atoms with van der Waals surface area (Å²) in [5, 5.41) is 14.7. The summed E-state index contributed by atoms with van der Waals surface area (Å²) in [6.45, 7) is 16.1. The van der Waals surface area contributed by atoms with Gasteiger partial charge < -0.3 is 9.13 Å². The van der Waals surface area contributed by atoms with E-state index in [-0.39, 0.29) is 0 Å². The third-order valence-corrected chi connectivity index (χ3v) is 13.9. The highest BCUT2D eigenvalue weighted by Gasteiger charge is 2.24. The molecule has 0 unspecified atom stereocenters. The van der Waals surface area contributed by atoms with Crippen LogP contribution in [-0.2, 0) is 0 Å². The largest absolute Gasteiger partial charge is 0.308 e. The zero-order valence-corrected chi connectivity index (χ0v) is 39.5. The Bertz CT molecular complexity index is 4210. The summed E-state index contributed by atoms with van der Waals surface area (Å²) >= 11 is 0. The molecule has 8 nitrogen and oxygen atoms in total. The summed E-state index contributed by atoms with van der Waals surface area (Å²) in [7, 11) is 0. The molecule has 0 amide bonds. The molecule has 0 N–H and O–H groups in total. The second-order valence-electron chi connectivity index (χ2n) is 18.0. The van der Waals surface area contributed by atoms with Crippen LogP contribution in [0.2, 0.25) is 0 Å². The van der Waals surface area contributed by atoms with Crippen molar-refractivity contribution in [2.45, 2.75) is 0 Å². The molecule has 0 aliphatic rings. The maximum Gasteiger partial charge on any atom is 0.194 e. The van der Waals surface area contributed by atoms with Crippen molar-refractivity contribution in [3.63, 3.8) is 0 Å². The predicted molar refractivity (Wildman–Crippen MR) is 298 cm³/mol. The summed E-state index contributed by atoms with van der Waals surface area (Å²) < 4.78 is 4.55. The molecule has 8 heteroatoms. The molecule has 3 heterocycles. The number of benzene rings is 10. The highest BCUT2D eigenvalue weighted by atomic mass is 15.1. The molecule has 0 atom stereocenters. The summed E-state index contributed by atoms with van der Waals surface area (Å²) in [5.41, 5.74) is 14.6. The predicted octanol–water partition coefficient (Wildman–Crippen LogP) is 17.0. The first kappa shape index (κ1) is 43.3. The molecule has 342 valence electrons. The van der Waals surface area contributed by atoms with Crippen LogP contribution in [0.3, 0.4) is 0 Å². The Morgan fingerprint density at radius 2 is 0.716 bits per heavy atom. The molecule has 0 bridgehead atoms. The molecular weight excluding hydrogens is 905 g/mol. The molecule has 0 radical (unpaired) electrons. The molecule has 13 aromatic rings. The van der Waals surface area contributed by atoms with E-state index in [4.69, 9.17) is 28.1 Å². The SMILES string of the molecule is [C-]#[N+]c1ccccc1-c1cccc(-c2nc(-c3ccc(-c4ccccc4C#N)cc3-n3c4ccccc4c4ccccc43)nc(-c3ccc(-c4ccccc4[N+]#[C-])cc3-n3c4ccccc4c4ccccc43)n2)c1. The van der Waals surface area contributed by atoms with Gasteiger partial charge in [-0.3, -0.25) is 0 Å². The smallest absolute Gasteiger partial charge is 0.194 e. The van der Waals surface area contributed by atoms with Crippen LogP contribution >= 0.6 is 0 Å². The summed E-state index contributed by atoms with van der Waals surface area (Å²) in [6, 6.07) is 79.6. The van der Waals surface area contributed by atoms with Crippen molar-refractivity contribution in [3.05, 3.63) is 259 Å². The van der Waals surface area contributed by atoms with Crippen molar-refractivity contribution in [3.8, 4) is 85.0 Å². The maximum absolute atomic E-state index is 10.4.